The molecule has 3 fully saturated rings. The third kappa shape index (κ3) is 3.18. The largest absolute Gasteiger partial charge is 0.339 e. The van der Waals surface area contributed by atoms with Gasteiger partial charge in [0.2, 0.25) is 11.8 Å². The van der Waals surface area contributed by atoms with Gasteiger partial charge < -0.3 is 10.2 Å². The minimum Gasteiger partial charge on any atom is -0.339 e. The van der Waals surface area contributed by atoms with E-state index in [1.165, 1.54) is 24.3 Å². The maximum Gasteiger partial charge on any atom is 0.251 e. The lowest BCUT2D eigenvalue weighted by molar-refractivity contribution is -0.126. The minimum absolute atomic E-state index is 0.0118. The van der Waals surface area contributed by atoms with Gasteiger partial charge >= 0.3 is 0 Å². The highest BCUT2D eigenvalue weighted by molar-refractivity contribution is 6.22. The Morgan fingerprint density at radius 2 is 1.58 bits per heavy atom. The summed E-state index contributed by atoms with van der Waals surface area (Å²) in [5, 5.41) is 2.97. The molecule has 8 heteroatoms. The number of carbonyl (C=O) groups is 3. The molecular weight excluding hydrogens is 399 g/mol. The molecule has 1 spiro atoms. The van der Waals surface area contributed by atoms with Crippen LogP contribution in [0.5, 0.6) is 0 Å². The molecule has 2 aromatic rings. The van der Waals surface area contributed by atoms with E-state index in [0.717, 1.165) is 10.6 Å². The Hall–Kier alpha value is -3.26. The van der Waals surface area contributed by atoms with Crippen LogP contribution in [0.4, 0.5) is 15.8 Å². The van der Waals surface area contributed by atoms with Gasteiger partial charge in [0.25, 0.3) is 5.91 Å². The van der Waals surface area contributed by atoms with Crippen molar-refractivity contribution in [2.24, 2.45) is 0 Å². The van der Waals surface area contributed by atoms with Crippen molar-refractivity contribution in [3.8, 4) is 0 Å². The van der Waals surface area contributed by atoms with Crippen LogP contribution in [0, 0.1) is 5.82 Å². The highest BCUT2D eigenvalue weighted by Crippen LogP contribution is 2.37. The van der Waals surface area contributed by atoms with E-state index in [1.54, 1.807) is 0 Å². The van der Waals surface area contributed by atoms with Gasteiger partial charge in [0.15, 0.2) is 0 Å². The lowest BCUT2D eigenvalue weighted by atomic mass is 9.85. The van der Waals surface area contributed by atoms with E-state index in [9.17, 15) is 18.8 Å². The number of nitrogens with zero attached hydrogens (tertiary/aromatic N) is 3. The van der Waals surface area contributed by atoms with Crippen molar-refractivity contribution in [1.82, 2.24) is 10.2 Å². The van der Waals surface area contributed by atoms with Crippen molar-refractivity contribution in [3.05, 3.63) is 60.4 Å². The zero-order valence-corrected chi connectivity index (χ0v) is 17.0. The fourth-order valence-corrected chi connectivity index (χ4v) is 5.00. The molecule has 1 atom stereocenters. The molecule has 3 saturated heterocycles. The Labute approximate surface area is 179 Å². The van der Waals surface area contributed by atoms with Crippen LogP contribution >= 0.6 is 0 Å². The molecule has 5 rings (SSSR count). The van der Waals surface area contributed by atoms with Crippen molar-refractivity contribution < 1.29 is 18.8 Å². The molecule has 0 aliphatic carbocycles. The number of hydrogen-bond acceptors (Lipinski definition) is 5. The number of rotatable bonds is 3. The highest BCUT2D eigenvalue weighted by atomic mass is 19.1. The normalized spacial score (nSPS) is 23.6. The molecular formula is C23H23FN4O3. The number of piperidine rings is 1. The van der Waals surface area contributed by atoms with E-state index in [-0.39, 0.29) is 24.1 Å². The summed E-state index contributed by atoms with van der Waals surface area (Å²) in [7, 11) is 0. The van der Waals surface area contributed by atoms with Crippen LogP contribution in [0.15, 0.2) is 54.6 Å². The van der Waals surface area contributed by atoms with Crippen molar-refractivity contribution in [2.75, 3.05) is 29.6 Å². The van der Waals surface area contributed by atoms with Gasteiger partial charge in [0.1, 0.15) is 11.4 Å². The minimum atomic E-state index is -0.639. The van der Waals surface area contributed by atoms with Crippen LogP contribution < -0.4 is 15.1 Å². The summed E-state index contributed by atoms with van der Waals surface area (Å²) >= 11 is 0. The van der Waals surface area contributed by atoms with Gasteiger partial charge in [-0.05, 0) is 49.2 Å². The van der Waals surface area contributed by atoms with E-state index in [1.807, 2.05) is 35.2 Å². The molecule has 0 aromatic heterocycles. The van der Waals surface area contributed by atoms with E-state index in [2.05, 4.69) is 10.2 Å². The molecule has 0 saturated carbocycles. The van der Waals surface area contributed by atoms with Crippen molar-refractivity contribution in [1.29, 1.82) is 0 Å². The maximum atomic E-state index is 13.2. The third-order valence-corrected chi connectivity index (χ3v) is 6.68. The van der Waals surface area contributed by atoms with Crippen molar-refractivity contribution >= 4 is 29.1 Å². The van der Waals surface area contributed by atoms with E-state index in [4.69, 9.17) is 0 Å². The first-order valence-corrected chi connectivity index (χ1v) is 10.5. The molecule has 160 valence electrons. The summed E-state index contributed by atoms with van der Waals surface area (Å²) in [5.41, 5.74) is 0.738. The smallest absolute Gasteiger partial charge is 0.251 e. The lowest BCUT2D eigenvalue weighted by Gasteiger charge is -2.44. The lowest BCUT2D eigenvalue weighted by Crippen LogP contribution is -2.58. The predicted octanol–water partition coefficient (Wildman–Crippen LogP) is 1.89. The SMILES string of the molecule is O=C1C[C@H](N2CCC3(CC2)C(=O)NCN3c2ccccc2)C(=O)N1c1ccc(F)cc1. The van der Waals surface area contributed by atoms with Crippen LogP contribution in [0.2, 0.25) is 0 Å². The second kappa shape index (κ2) is 7.46. The number of amides is 3. The Morgan fingerprint density at radius 3 is 2.26 bits per heavy atom. The molecule has 7 nitrogen and oxygen atoms in total. The van der Waals surface area contributed by atoms with Crippen molar-refractivity contribution in [3.63, 3.8) is 0 Å². The first-order valence-electron chi connectivity index (χ1n) is 10.5. The fourth-order valence-electron chi connectivity index (χ4n) is 5.00. The topological polar surface area (TPSA) is 73.0 Å². The zero-order valence-electron chi connectivity index (χ0n) is 17.0. The van der Waals surface area contributed by atoms with Gasteiger partial charge in [-0.15, -0.1) is 0 Å². The molecule has 3 aliphatic heterocycles. The number of hydrogen-bond donors (Lipinski definition) is 1. The summed E-state index contributed by atoms with van der Waals surface area (Å²) in [6.07, 6.45) is 1.24. The average molecular weight is 422 g/mol. The Bertz CT molecular complexity index is 1020. The van der Waals surface area contributed by atoms with E-state index >= 15 is 0 Å². The van der Waals surface area contributed by atoms with E-state index < -0.39 is 17.4 Å². The monoisotopic (exact) mass is 422 g/mol. The Kier molecular flexibility index (Phi) is 4.74. The summed E-state index contributed by atoms with van der Waals surface area (Å²) in [5.74, 6) is -0.980. The first-order chi connectivity index (χ1) is 15.0. The average Bonchev–Trinajstić information content (AvgIpc) is 3.26. The Balaban J connectivity index is 1.32. The van der Waals surface area contributed by atoms with Crippen LogP contribution in [-0.2, 0) is 14.4 Å². The van der Waals surface area contributed by atoms with E-state index in [0.29, 0.717) is 38.3 Å². The quantitative estimate of drug-likeness (QED) is 0.765. The summed E-state index contributed by atoms with van der Waals surface area (Å²) in [6, 6.07) is 14.7. The number of benzene rings is 2. The number of likely N-dealkylation sites (tertiary alicyclic amines) is 1. The molecule has 1 N–H and O–H groups in total. The molecule has 2 aromatic carbocycles. The summed E-state index contributed by atoms with van der Waals surface area (Å²) in [4.78, 5) is 43.7. The highest BCUT2D eigenvalue weighted by Gasteiger charge is 2.52. The molecule has 0 bridgehead atoms. The molecule has 31 heavy (non-hydrogen) atoms. The predicted molar refractivity (Wildman–Crippen MR) is 113 cm³/mol. The zero-order chi connectivity index (χ0) is 21.6. The standard InChI is InChI=1S/C23H23FN4O3/c24-16-6-8-18(9-7-16)28-20(29)14-19(21(28)30)26-12-10-23(11-13-26)22(31)25-15-27(23)17-4-2-1-3-5-17/h1-9,19H,10-15H2,(H,25,31)/t19-/m0/s1. The number of halogens is 1. The molecule has 3 aliphatic rings. The fraction of sp³-hybridized carbons (Fsp3) is 0.348. The van der Waals surface area contributed by atoms with Gasteiger partial charge in [0, 0.05) is 18.8 Å². The van der Waals surface area contributed by atoms with Gasteiger partial charge in [-0.2, -0.15) is 0 Å². The Morgan fingerprint density at radius 1 is 0.903 bits per heavy atom. The van der Waals surface area contributed by atoms with Gasteiger partial charge in [-0.25, -0.2) is 9.29 Å². The van der Waals surface area contributed by atoms with Crippen LogP contribution in [0.25, 0.3) is 0 Å². The second-order valence-corrected chi connectivity index (χ2v) is 8.26. The molecule has 3 heterocycles. The number of para-hydroxylation sites is 1. The third-order valence-electron chi connectivity index (χ3n) is 6.68. The van der Waals surface area contributed by atoms with Gasteiger partial charge in [0.05, 0.1) is 24.8 Å². The van der Waals surface area contributed by atoms with Crippen molar-refractivity contribution in [2.45, 2.75) is 30.8 Å². The maximum absolute atomic E-state index is 13.2. The number of carbonyl (C=O) groups excluding carboxylic acids is 3. The van der Waals surface area contributed by atoms with Crippen LogP contribution in [0.1, 0.15) is 19.3 Å². The van der Waals surface area contributed by atoms with Crippen LogP contribution in [0.3, 0.4) is 0 Å². The summed E-state index contributed by atoms with van der Waals surface area (Å²) < 4.78 is 13.2. The van der Waals surface area contributed by atoms with Crippen LogP contribution in [-0.4, -0.2) is 54.0 Å². The molecule has 0 radical (unpaired) electrons. The summed E-state index contributed by atoms with van der Waals surface area (Å²) in [6.45, 7) is 1.54. The first kappa shape index (κ1) is 19.7. The van der Waals surface area contributed by atoms with Gasteiger partial charge in [-0.3, -0.25) is 19.3 Å². The number of anilines is 2. The molecule has 0 unspecified atom stereocenters. The molecule has 3 amide bonds. The number of nitrogens with one attached hydrogen (secondary N) is 1. The van der Waals surface area contributed by atoms with Gasteiger partial charge in [-0.1, -0.05) is 18.2 Å². The number of imide groups is 1. The second-order valence-electron chi connectivity index (χ2n) is 8.26.